The van der Waals surface area contributed by atoms with Gasteiger partial charge in [0.15, 0.2) is 0 Å². The van der Waals surface area contributed by atoms with E-state index in [-0.39, 0.29) is 5.90 Å². The number of rotatable bonds is 4. The zero-order valence-corrected chi connectivity index (χ0v) is 14.1. The Morgan fingerprint density at radius 1 is 1.21 bits per heavy atom. The molecule has 0 aromatic rings. The number of hydrogen-bond acceptors (Lipinski definition) is 3. The first-order chi connectivity index (χ1) is 6.41. The van der Waals surface area contributed by atoms with Gasteiger partial charge in [0.1, 0.15) is 0 Å². The molecule has 0 atom stereocenters. The average Bonchev–Trinajstić information content (AvgIpc) is 2.03. The van der Waals surface area contributed by atoms with Crippen LogP contribution in [-0.2, 0) is 48.2 Å². The summed E-state index contributed by atoms with van der Waals surface area (Å²) in [5.41, 5.74) is 1.80. The van der Waals surface area contributed by atoms with E-state index >= 15 is 0 Å². The molecule has 0 amide bonds. The van der Waals surface area contributed by atoms with Crippen LogP contribution < -0.4 is 0 Å². The van der Waals surface area contributed by atoms with Gasteiger partial charge in [-0.3, -0.25) is 0 Å². The summed E-state index contributed by atoms with van der Waals surface area (Å²) < 4.78 is 6.84. The van der Waals surface area contributed by atoms with Crippen molar-refractivity contribution < 1.29 is 48.2 Å². The van der Waals surface area contributed by atoms with Crippen LogP contribution in [0.2, 0.25) is 0 Å². The van der Waals surface area contributed by atoms with Crippen LogP contribution in [0.4, 0.5) is 0 Å². The Bertz CT molecular complexity index is 332. The molecule has 0 bridgehead atoms. The molecule has 0 saturated heterocycles. The molecule has 0 aliphatic rings. The molecule has 1 N–H and O–H groups in total. The van der Waals surface area contributed by atoms with E-state index in [2.05, 4.69) is 4.74 Å². The first-order valence-electron chi connectivity index (χ1n) is 3.83. The molecule has 0 spiro atoms. The Balaban J connectivity index is 5.24. The molecular formula is C9H11NO2W2. The maximum atomic E-state index is 10.1. The number of hydrogen-bond donors (Lipinski definition) is 1. The maximum absolute atomic E-state index is 10.1. The van der Waals surface area contributed by atoms with E-state index in [0.717, 1.165) is 15.0 Å². The standard InChI is InChI=1S/C9H11NO2.2W/c1-4-7(3)8(5-2)9(10)12-6-11;;/h6,10H,1-3H3;;. The Hall–Kier alpha value is -0.00338. The molecule has 0 radical (unpaired) electrons. The Labute approximate surface area is 105 Å². The molecule has 14 heavy (non-hydrogen) atoms. The van der Waals surface area contributed by atoms with E-state index in [1.807, 2.05) is 20.8 Å². The third-order valence-corrected chi connectivity index (χ3v) is 3.48. The first kappa shape index (κ1) is 14.0. The fraction of sp³-hybridized carbons (Fsp3) is 0.333. The monoisotopic (exact) mass is 533 g/mol. The SMILES string of the molecule is C[C](=[W])C(C)=C(C(=N)OC=O)[C](C)=[W]. The second-order valence-electron chi connectivity index (χ2n) is 2.66. The Morgan fingerprint density at radius 2 is 1.71 bits per heavy atom. The predicted octanol–water partition coefficient (Wildman–Crippen LogP) is 0.931. The summed E-state index contributed by atoms with van der Waals surface area (Å²) >= 11 is 2.65. The summed E-state index contributed by atoms with van der Waals surface area (Å²) in [7, 11) is 0. The van der Waals surface area contributed by atoms with Gasteiger partial charge >= 0.3 is 106 Å². The van der Waals surface area contributed by atoms with E-state index in [1.165, 1.54) is 42.6 Å². The summed E-state index contributed by atoms with van der Waals surface area (Å²) in [5.74, 6) is -0.0504. The van der Waals surface area contributed by atoms with E-state index in [9.17, 15) is 4.79 Å². The number of nitrogens with one attached hydrogen (secondary N) is 1. The number of carbonyl (C=O) groups is 1. The Morgan fingerprint density at radius 3 is 2.00 bits per heavy atom. The molecule has 0 aliphatic heterocycles. The van der Waals surface area contributed by atoms with Gasteiger partial charge in [-0.15, -0.1) is 0 Å². The van der Waals surface area contributed by atoms with Gasteiger partial charge in [0.2, 0.25) is 0 Å². The van der Waals surface area contributed by atoms with Crippen molar-refractivity contribution in [3.63, 3.8) is 0 Å². The molecule has 5 heteroatoms. The molecule has 0 rings (SSSR count). The van der Waals surface area contributed by atoms with Gasteiger partial charge in [0, 0.05) is 0 Å². The van der Waals surface area contributed by atoms with Crippen molar-refractivity contribution in [2.24, 2.45) is 0 Å². The minimum absolute atomic E-state index is 0.0504. The summed E-state index contributed by atoms with van der Waals surface area (Å²) in [5, 5.41) is 7.58. The molecule has 0 unspecified atom stereocenters. The molecule has 0 heterocycles. The van der Waals surface area contributed by atoms with Gasteiger partial charge < -0.3 is 0 Å². The van der Waals surface area contributed by atoms with E-state index in [1.54, 1.807) is 0 Å². The van der Waals surface area contributed by atoms with Crippen molar-refractivity contribution >= 4 is 20.2 Å². The van der Waals surface area contributed by atoms with Crippen molar-refractivity contribution in [1.29, 1.82) is 5.41 Å². The summed E-state index contributed by atoms with van der Waals surface area (Å²) in [6.45, 7) is 6.20. The normalized spacial score (nSPS) is 11.4. The van der Waals surface area contributed by atoms with Gasteiger partial charge in [-0.25, -0.2) is 0 Å². The van der Waals surface area contributed by atoms with Crippen LogP contribution in [0, 0.1) is 5.41 Å². The number of carbonyl (C=O) groups excluding carboxylic acids is 1. The average molecular weight is 533 g/mol. The van der Waals surface area contributed by atoms with E-state index in [0.29, 0.717) is 6.47 Å². The third kappa shape index (κ3) is 4.02. The van der Waals surface area contributed by atoms with Crippen molar-refractivity contribution in [2.45, 2.75) is 20.8 Å². The molecular weight excluding hydrogens is 522 g/mol. The zero-order chi connectivity index (χ0) is 11.3. The van der Waals surface area contributed by atoms with Crippen LogP contribution in [0.3, 0.4) is 0 Å². The fourth-order valence-electron chi connectivity index (χ4n) is 0.877. The molecule has 0 aliphatic carbocycles. The van der Waals surface area contributed by atoms with Gasteiger partial charge in [0.05, 0.1) is 0 Å². The first-order valence-corrected chi connectivity index (χ1v) is 6.77. The molecule has 3 nitrogen and oxygen atoms in total. The van der Waals surface area contributed by atoms with Gasteiger partial charge in [0.25, 0.3) is 0 Å². The van der Waals surface area contributed by atoms with Crippen molar-refractivity contribution in [2.75, 3.05) is 0 Å². The zero-order valence-electron chi connectivity index (χ0n) is 8.21. The van der Waals surface area contributed by atoms with E-state index < -0.39 is 0 Å². The van der Waals surface area contributed by atoms with Crippen LogP contribution in [0.15, 0.2) is 11.1 Å². The number of ether oxygens (including phenoxy) is 1. The second kappa shape index (κ2) is 6.47. The van der Waals surface area contributed by atoms with Crippen molar-refractivity contribution in [3.05, 3.63) is 11.1 Å². The van der Waals surface area contributed by atoms with Crippen molar-refractivity contribution in [1.82, 2.24) is 0 Å². The molecule has 76 valence electrons. The van der Waals surface area contributed by atoms with Gasteiger partial charge in [-0.05, 0) is 0 Å². The molecule has 0 aromatic carbocycles. The quantitative estimate of drug-likeness (QED) is 0.333. The van der Waals surface area contributed by atoms with Crippen LogP contribution in [0.1, 0.15) is 20.8 Å². The predicted molar refractivity (Wildman–Crippen MR) is 48.9 cm³/mol. The summed E-state index contributed by atoms with van der Waals surface area (Å²) in [4.78, 5) is 10.1. The third-order valence-electron chi connectivity index (χ3n) is 1.65. The number of allylic oxidation sites excluding steroid dienone is 1. The minimum atomic E-state index is -0.0504. The molecule has 0 saturated carbocycles. The van der Waals surface area contributed by atoms with Crippen molar-refractivity contribution in [3.8, 4) is 0 Å². The van der Waals surface area contributed by atoms with Gasteiger partial charge in [-0.1, -0.05) is 0 Å². The summed E-state index contributed by atoms with van der Waals surface area (Å²) in [6.07, 6.45) is 0. The Kier molecular flexibility index (Phi) is 6.47. The van der Waals surface area contributed by atoms with Gasteiger partial charge in [-0.2, -0.15) is 0 Å². The summed E-state index contributed by atoms with van der Waals surface area (Å²) in [6, 6.07) is 0. The molecule has 0 aromatic heterocycles. The van der Waals surface area contributed by atoms with Crippen LogP contribution >= 0.6 is 0 Å². The van der Waals surface area contributed by atoms with E-state index in [4.69, 9.17) is 5.41 Å². The second-order valence-corrected chi connectivity index (χ2v) is 7.06. The topological polar surface area (TPSA) is 50.1 Å². The van der Waals surface area contributed by atoms with Crippen LogP contribution in [0.25, 0.3) is 0 Å². The van der Waals surface area contributed by atoms with Crippen LogP contribution in [0.5, 0.6) is 0 Å². The molecule has 0 fully saturated rings. The fourth-order valence-corrected chi connectivity index (χ4v) is 2.13. The van der Waals surface area contributed by atoms with Crippen LogP contribution in [-0.4, -0.2) is 20.2 Å².